The highest BCUT2D eigenvalue weighted by molar-refractivity contribution is 7.17. The van der Waals surface area contributed by atoms with E-state index >= 15 is 0 Å². The largest absolute Gasteiger partial charge is 0.392 e. The Balaban J connectivity index is 1.55. The van der Waals surface area contributed by atoms with Gasteiger partial charge in [-0.05, 0) is 22.8 Å². The summed E-state index contributed by atoms with van der Waals surface area (Å²) < 4.78 is 0. The summed E-state index contributed by atoms with van der Waals surface area (Å²) in [5.41, 5.74) is 3.31. The SMILES string of the molecule is O=C(Nc1c(Cl)cccc1CO)c1cnc(NC(c2ccccc2)(c2ccccc2)c2ccccc2)s1. The highest BCUT2D eigenvalue weighted by Gasteiger charge is 2.37. The highest BCUT2D eigenvalue weighted by Crippen LogP contribution is 2.41. The topological polar surface area (TPSA) is 74.2 Å². The lowest BCUT2D eigenvalue weighted by Crippen LogP contribution is -2.38. The molecule has 5 aromatic rings. The number of hydrogen-bond acceptors (Lipinski definition) is 5. The van der Waals surface area contributed by atoms with Gasteiger partial charge in [-0.25, -0.2) is 4.98 Å². The molecule has 1 heterocycles. The van der Waals surface area contributed by atoms with Crippen LogP contribution in [0.2, 0.25) is 5.02 Å². The summed E-state index contributed by atoms with van der Waals surface area (Å²) in [6.07, 6.45) is 1.55. The van der Waals surface area contributed by atoms with E-state index < -0.39 is 5.54 Å². The number of hydrogen-bond donors (Lipinski definition) is 3. The number of aliphatic hydroxyl groups excluding tert-OH is 1. The molecule has 0 bridgehead atoms. The van der Waals surface area contributed by atoms with E-state index in [9.17, 15) is 9.90 Å². The number of nitrogens with zero attached hydrogens (tertiary/aromatic N) is 1. The Kier molecular flexibility index (Phi) is 7.32. The van der Waals surface area contributed by atoms with Crippen LogP contribution in [-0.4, -0.2) is 16.0 Å². The zero-order valence-electron chi connectivity index (χ0n) is 19.8. The molecule has 0 fully saturated rings. The van der Waals surface area contributed by atoms with E-state index in [4.69, 9.17) is 11.6 Å². The summed E-state index contributed by atoms with van der Waals surface area (Å²) >= 11 is 7.54. The van der Waals surface area contributed by atoms with E-state index in [1.165, 1.54) is 11.3 Å². The molecule has 0 aliphatic heterocycles. The molecule has 0 aliphatic carbocycles. The number of carbonyl (C=O) groups is 1. The Morgan fingerprint density at radius 2 is 1.35 bits per heavy atom. The van der Waals surface area contributed by atoms with Crippen LogP contribution in [0.4, 0.5) is 10.8 Å². The summed E-state index contributed by atoms with van der Waals surface area (Å²) in [5, 5.41) is 17.1. The zero-order chi connectivity index (χ0) is 25.7. The zero-order valence-corrected chi connectivity index (χ0v) is 21.3. The molecule has 37 heavy (non-hydrogen) atoms. The van der Waals surface area contributed by atoms with Gasteiger partial charge in [-0.3, -0.25) is 4.79 Å². The molecule has 0 saturated heterocycles. The van der Waals surface area contributed by atoms with E-state index in [1.54, 1.807) is 24.4 Å². The van der Waals surface area contributed by atoms with Crippen LogP contribution >= 0.6 is 22.9 Å². The molecule has 0 saturated carbocycles. The summed E-state index contributed by atoms with van der Waals surface area (Å²) in [4.78, 5) is 18.1. The Bertz CT molecular complexity index is 1390. The van der Waals surface area contributed by atoms with E-state index in [1.807, 2.05) is 54.6 Å². The third kappa shape index (κ3) is 5.00. The minimum Gasteiger partial charge on any atom is -0.392 e. The van der Waals surface area contributed by atoms with Gasteiger partial charge in [0.15, 0.2) is 5.13 Å². The lowest BCUT2D eigenvalue weighted by atomic mass is 9.77. The van der Waals surface area contributed by atoms with Crippen LogP contribution in [0.5, 0.6) is 0 Å². The van der Waals surface area contributed by atoms with Gasteiger partial charge >= 0.3 is 0 Å². The van der Waals surface area contributed by atoms with Gasteiger partial charge in [0, 0.05) is 5.56 Å². The number of carbonyl (C=O) groups excluding carboxylic acids is 1. The molecule has 5 nitrogen and oxygen atoms in total. The molecule has 1 aromatic heterocycles. The van der Waals surface area contributed by atoms with Gasteiger partial charge in [0.05, 0.1) is 23.5 Å². The maximum absolute atomic E-state index is 13.1. The molecule has 0 radical (unpaired) electrons. The summed E-state index contributed by atoms with van der Waals surface area (Å²) in [7, 11) is 0. The Morgan fingerprint density at radius 3 is 1.86 bits per heavy atom. The van der Waals surface area contributed by atoms with Gasteiger partial charge in [-0.15, -0.1) is 0 Å². The molecule has 0 unspecified atom stereocenters. The molecule has 1 amide bonds. The number of halogens is 1. The first-order valence-electron chi connectivity index (χ1n) is 11.7. The molecular weight excluding hydrogens is 502 g/mol. The Morgan fingerprint density at radius 1 is 0.811 bits per heavy atom. The standard InChI is InChI=1S/C30H24ClN3O2S/c31-25-18-10-11-21(20-35)27(25)33-28(36)26-19-32-29(37-26)34-30(22-12-4-1-5-13-22,23-14-6-2-7-15-23)24-16-8-3-9-17-24/h1-19,35H,20H2,(H,32,34)(H,33,36). The Hall–Kier alpha value is -3.97. The number of para-hydroxylation sites is 1. The smallest absolute Gasteiger partial charge is 0.267 e. The third-order valence-electron chi connectivity index (χ3n) is 6.15. The van der Waals surface area contributed by atoms with Crippen molar-refractivity contribution < 1.29 is 9.90 Å². The predicted molar refractivity (Wildman–Crippen MR) is 150 cm³/mol. The molecule has 5 rings (SSSR count). The van der Waals surface area contributed by atoms with Gasteiger partial charge in [-0.2, -0.15) is 0 Å². The highest BCUT2D eigenvalue weighted by atomic mass is 35.5. The maximum atomic E-state index is 13.1. The molecule has 3 N–H and O–H groups in total. The quantitative estimate of drug-likeness (QED) is 0.192. The summed E-state index contributed by atoms with van der Waals surface area (Å²) in [6.45, 7) is -0.237. The predicted octanol–water partition coefficient (Wildman–Crippen LogP) is 6.95. The fourth-order valence-electron chi connectivity index (χ4n) is 4.39. The van der Waals surface area contributed by atoms with E-state index in [0.29, 0.717) is 26.3 Å². The van der Waals surface area contributed by atoms with Crippen molar-refractivity contribution in [1.29, 1.82) is 0 Å². The van der Waals surface area contributed by atoms with E-state index in [-0.39, 0.29) is 12.5 Å². The van der Waals surface area contributed by atoms with Crippen molar-refractivity contribution in [2.24, 2.45) is 0 Å². The van der Waals surface area contributed by atoms with Crippen LogP contribution in [0.1, 0.15) is 31.9 Å². The number of aromatic nitrogens is 1. The number of anilines is 2. The first-order valence-corrected chi connectivity index (χ1v) is 12.9. The second kappa shape index (κ2) is 11.0. The lowest BCUT2D eigenvalue weighted by Gasteiger charge is -2.36. The van der Waals surface area contributed by atoms with Crippen molar-refractivity contribution in [3.05, 3.63) is 148 Å². The first kappa shape index (κ1) is 24.7. The number of nitrogens with one attached hydrogen (secondary N) is 2. The molecule has 0 aliphatic rings. The van der Waals surface area contributed by atoms with Crippen molar-refractivity contribution in [3.63, 3.8) is 0 Å². The number of benzene rings is 4. The van der Waals surface area contributed by atoms with Crippen LogP contribution in [-0.2, 0) is 12.1 Å². The van der Waals surface area contributed by atoms with Crippen molar-refractivity contribution >= 4 is 39.7 Å². The minimum absolute atomic E-state index is 0.237. The van der Waals surface area contributed by atoms with Crippen molar-refractivity contribution in [3.8, 4) is 0 Å². The fraction of sp³-hybridized carbons (Fsp3) is 0.0667. The van der Waals surface area contributed by atoms with E-state index in [2.05, 4.69) is 52.0 Å². The second-order valence-corrected chi connectivity index (χ2v) is 9.83. The monoisotopic (exact) mass is 525 g/mol. The van der Waals surface area contributed by atoms with Gasteiger partial charge in [-0.1, -0.05) is 126 Å². The second-order valence-electron chi connectivity index (χ2n) is 8.39. The first-order chi connectivity index (χ1) is 18.1. The lowest BCUT2D eigenvalue weighted by molar-refractivity contribution is 0.103. The molecule has 7 heteroatoms. The molecular formula is C30H24ClN3O2S. The normalized spacial score (nSPS) is 11.2. The van der Waals surface area contributed by atoms with Crippen molar-refractivity contribution in [2.45, 2.75) is 12.1 Å². The van der Waals surface area contributed by atoms with E-state index in [0.717, 1.165) is 16.7 Å². The van der Waals surface area contributed by atoms with Crippen LogP contribution in [0.15, 0.2) is 115 Å². The van der Waals surface area contributed by atoms with Crippen LogP contribution in [0, 0.1) is 0 Å². The molecule has 0 spiro atoms. The average Bonchev–Trinajstić information content (AvgIpc) is 3.43. The van der Waals surface area contributed by atoms with Crippen LogP contribution in [0.25, 0.3) is 0 Å². The molecule has 4 aromatic carbocycles. The summed E-state index contributed by atoms with van der Waals surface area (Å²) in [6, 6.07) is 35.7. The number of thiazole rings is 1. The van der Waals surface area contributed by atoms with Gasteiger partial charge in [0.25, 0.3) is 5.91 Å². The van der Waals surface area contributed by atoms with Gasteiger partial charge < -0.3 is 15.7 Å². The molecule has 0 atom stereocenters. The van der Waals surface area contributed by atoms with Crippen molar-refractivity contribution in [2.75, 3.05) is 10.6 Å². The Labute approximate surface area is 224 Å². The summed E-state index contributed by atoms with van der Waals surface area (Å²) in [5.74, 6) is -0.349. The number of rotatable bonds is 8. The van der Waals surface area contributed by atoms with Crippen LogP contribution in [0.3, 0.4) is 0 Å². The minimum atomic E-state index is -0.748. The fourth-order valence-corrected chi connectivity index (χ4v) is 5.40. The number of amides is 1. The number of aliphatic hydroxyl groups is 1. The van der Waals surface area contributed by atoms with Crippen molar-refractivity contribution in [1.82, 2.24) is 4.98 Å². The maximum Gasteiger partial charge on any atom is 0.267 e. The third-order valence-corrected chi connectivity index (χ3v) is 7.38. The van der Waals surface area contributed by atoms with Crippen LogP contribution < -0.4 is 10.6 Å². The van der Waals surface area contributed by atoms with Gasteiger partial charge in [0.2, 0.25) is 0 Å². The van der Waals surface area contributed by atoms with Gasteiger partial charge in [0.1, 0.15) is 10.4 Å². The molecule has 184 valence electrons. The average molecular weight is 526 g/mol.